The van der Waals surface area contributed by atoms with E-state index >= 15 is 0 Å². The molecule has 3 aromatic rings. The molecule has 1 N–H and O–H groups in total. The molecule has 0 saturated carbocycles. The van der Waals surface area contributed by atoms with E-state index in [1.54, 1.807) is 11.6 Å². The van der Waals surface area contributed by atoms with Crippen molar-refractivity contribution in [3.8, 4) is 5.75 Å². The third kappa shape index (κ3) is 2.59. The highest BCUT2D eigenvalue weighted by Crippen LogP contribution is 2.44. The fraction of sp³-hybridized carbons (Fsp3) is 0.235. The van der Waals surface area contributed by atoms with Gasteiger partial charge in [0.25, 0.3) is 0 Å². The van der Waals surface area contributed by atoms with E-state index in [0.29, 0.717) is 11.6 Å². The molecule has 1 aliphatic heterocycles. The lowest BCUT2D eigenvalue weighted by Crippen LogP contribution is -2.08. The molecule has 2 aromatic heterocycles. The van der Waals surface area contributed by atoms with Crippen LogP contribution >= 0.6 is 11.3 Å². The molecule has 0 bridgehead atoms. The van der Waals surface area contributed by atoms with Gasteiger partial charge in [0.15, 0.2) is 0 Å². The summed E-state index contributed by atoms with van der Waals surface area (Å²) in [6.07, 6.45) is -3.12. The van der Waals surface area contributed by atoms with Crippen LogP contribution < -0.4 is 0 Å². The van der Waals surface area contributed by atoms with Gasteiger partial charge >= 0.3 is 6.18 Å². The molecule has 0 amide bonds. The van der Waals surface area contributed by atoms with Crippen LogP contribution in [0.25, 0.3) is 10.9 Å². The zero-order valence-corrected chi connectivity index (χ0v) is 14.2. The largest absolute Gasteiger partial charge is 0.506 e. The number of aromatic hydroxyl groups is 1. The highest BCUT2D eigenvalue weighted by Gasteiger charge is 2.38. The molecule has 26 heavy (non-hydrogen) atoms. The molecular weight excluding hydrogens is 367 g/mol. The SMILES string of the molecule is CCC1OC(=Nc2nccs2)c2c1nc1c(C(F)(F)F)cccc1c2O. The quantitative estimate of drug-likeness (QED) is 0.682. The number of para-hydroxylation sites is 1. The van der Waals surface area contributed by atoms with Gasteiger partial charge in [-0.25, -0.2) is 9.97 Å². The van der Waals surface area contributed by atoms with Crippen LogP contribution in [0.5, 0.6) is 5.75 Å². The molecule has 5 nitrogen and oxygen atoms in total. The van der Waals surface area contributed by atoms with Crippen molar-refractivity contribution >= 4 is 33.3 Å². The lowest BCUT2D eigenvalue weighted by Gasteiger charge is -2.13. The first-order valence-corrected chi connectivity index (χ1v) is 8.66. The van der Waals surface area contributed by atoms with Gasteiger partial charge in [-0.2, -0.15) is 18.2 Å². The molecule has 1 aromatic carbocycles. The Bertz CT molecular complexity index is 1020. The fourth-order valence-corrected chi connectivity index (χ4v) is 3.43. The number of alkyl halides is 3. The van der Waals surface area contributed by atoms with Gasteiger partial charge in [-0.15, -0.1) is 11.3 Å². The van der Waals surface area contributed by atoms with E-state index in [1.807, 2.05) is 6.92 Å². The fourth-order valence-electron chi connectivity index (χ4n) is 2.93. The van der Waals surface area contributed by atoms with Gasteiger partial charge in [0.05, 0.1) is 16.8 Å². The molecule has 0 saturated heterocycles. The van der Waals surface area contributed by atoms with Gasteiger partial charge < -0.3 is 9.84 Å². The average Bonchev–Trinajstić information content (AvgIpc) is 3.22. The number of pyridine rings is 1. The van der Waals surface area contributed by atoms with Gasteiger partial charge in [-0.1, -0.05) is 13.0 Å². The molecule has 0 aliphatic carbocycles. The Kier molecular flexibility index (Phi) is 3.83. The van der Waals surface area contributed by atoms with Gasteiger partial charge in [-0.3, -0.25) is 0 Å². The van der Waals surface area contributed by atoms with Crippen molar-refractivity contribution in [2.45, 2.75) is 25.6 Å². The maximum Gasteiger partial charge on any atom is 0.418 e. The summed E-state index contributed by atoms with van der Waals surface area (Å²) in [5.41, 5.74) is -0.717. The topological polar surface area (TPSA) is 67.6 Å². The number of aliphatic imine (C=N–C) groups is 1. The summed E-state index contributed by atoms with van der Waals surface area (Å²) < 4.78 is 45.7. The zero-order chi connectivity index (χ0) is 18.5. The van der Waals surface area contributed by atoms with Crippen molar-refractivity contribution in [1.82, 2.24) is 9.97 Å². The maximum atomic E-state index is 13.3. The van der Waals surface area contributed by atoms with E-state index in [0.717, 1.165) is 6.07 Å². The first-order chi connectivity index (χ1) is 12.4. The lowest BCUT2D eigenvalue weighted by molar-refractivity contribution is -0.136. The molecule has 0 radical (unpaired) electrons. The smallest absolute Gasteiger partial charge is 0.418 e. The standard InChI is InChI=1S/C17H12F3N3O2S/c1-2-10-13-11(15(25-10)23-16-21-6-7-26-16)14(24)8-4-3-5-9(12(8)22-13)17(18,19)20/h3-7,10H,2H2,1H3,(H,22,24). The first-order valence-electron chi connectivity index (χ1n) is 7.78. The summed E-state index contributed by atoms with van der Waals surface area (Å²) in [6, 6.07) is 3.58. The van der Waals surface area contributed by atoms with Crippen molar-refractivity contribution in [3.63, 3.8) is 0 Å². The van der Waals surface area contributed by atoms with Gasteiger partial charge in [0.1, 0.15) is 17.4 Å². The van der Waals surface area contributed by atoms with E-state index in [9.17, 15) is 18.3 Å². The highest BCUT2D eigenvalue weighted by molar-refractivity contribution is 7.13. The van der Waals surface area contributed by atoms with Crippen molar-refractivity contribution in [3.05, 3.63) is 46.6 Å². The van der Waals surface area contributed by atoms with E-state index in [4.69, 9.17) is 4.74 Å². The summed E-state index contributed by atoms with van der Waals surface area (Å²) in [5, 5.41) is 12.9. The number of benzene rings is 1. The number of thiazole rings is 1. The van der Waals surface area contributed by atoms with E-state index < -0.39 is 17.8 Å². The lowest BCUT2D eigenvalue weighted by atomic mass is 10.0. The third-order valence-corrected chi connectivity index (χ3v) is 4.75. The zero-order valence-electron chi connectivity index (χ0n) is 13.4. The monoisotopic (exact) mass is 379 g/mol. The van der Waals surface area contributed by atoms with Crippen LogP contribution in [0.4, 0.5) is 18.3 Å². The number of ether oxygens (including phenoxy) is 1. The van der Waals surface area contributed by atoms with Gasteiger partial charge in [0, 0.05) is 17.0 Å². The first kappa shape index (κ1) is 16.8. The van der Waals surface area contributed by atoms with E-state index in [2.05, 4.69) is 15.0 Å². The average molecular weight is 379 g/mol. The van der Waals surface area contributed by atoms with Crippen LogP contribution in [0.3, 0.4) is 0 Å². The minimum Gasteiger partial charge on any atom is -0.506 e. The van der Waals surface area contributed by atoms with Crippen LogP contribution in [0, 0.1) is 0 Å². The molecule has 134 valence electrons. The number of halogens is 3. The summed E-state index contributed by atoms with van der Waals surface area (Å²) in [5.74, 6) is -0.200. The number of hydrogen-bond donors (Lipinski definition) is 1. The minimum absolute atomic E-state index is 0.00534. The number of rotatable bonds is 2. The number of aromatic nitrogens is 2. The molecule has 0 spiro atoms. The Morgan fingerprint density at radius 1 is 1.35 bits per heavy atom. The van der Waals surface area contributed by atoms with Gasteiger partial charge in [-0.05, 0) is 18.6 Å². The molecule has 1 atom stereocenters. The normalized spacial score (nSPS) is 18.3. The Morgan fingerprint density at radius 2 is 2.15 bits per heavy atom. The summed E-state index contributed by atoms with van der Waals surface area (Å²) in [6.45, 7) is 1.82. The second kappa shape index (κ2) is 5.94. The van der Waals surface area contributed by atoms with Crippen LogP contribution in [0.1, 0.15) is 36.3 Å². The Hall–Kier alpha value is -2.68. The van der Waals surface area contributed by atoms with E-state index in [1.165, 1.54) is 23.5 Å². The van der Waals surface area contributed by atoms with Crippen molar-refractivity contribution in [1.29, 1.82) is 0 Å². The predicted molar refractivity (Wildman–Crippen MR) is 90.8 cm³/mol. The molecule has 4 rings (SSSR count). The van der Waals surface area contributed by atoms with Crippen LogP contribution in [-0.2, 0) is 10.9 Å². The second-order valence-electron chi connectivity index (χ2n) is 5.67. The van der Waals surface area contributed by atoms with Gasteiger partial charge in [0.2, 0.25) is 11.0 Å². The number of nitrogens with zero attached hydrogens (tertiary/aromatic N) is 3. The van der Waals surface area contributed by atoms with E-state index in [-0.39, 0.29) is 33.8 Å². The molecule has 9 heteroatoms. The Labute approximate surface area is 149 Å². The summed E-state index contributed by atoms with van der Waals surface area (Å²) >= 11 is 1.28. The van der Waals surface area contributed by atoms with Crippen molar-refractivity contribution in [2.75, 3.05) is 0 Å². The molecule has 3 heterocycles. The molecule has 1 aliphatic rings. The molecule has 1 unspecified atom stereocenters. The Morgan fingerprint density at radius 3 is 2.81 bits per heavy atom. The Balaban J connectivity index is 2.00. The second-order valence-corrected chi connectivity index (χ2v) is 6.54. The van der Waals surface area contributed by atoms with Crippen LogP contribution in [0.15, 0.2) is 34.8 Å². The maximum absolute atomic E-state index is 13.3. The van der Waals surface area contributed by atoms with Crippen molar-refractivity contribution < 1.29 is 23.0 Å². The minimum atomic E-state index is -4.58. The van der Waals surface area contributed by atoms with Crippen molar-refractivity contribution in [2.24, 2.45) is 4.99 Å². The van der Waals surface area contributed by atoms with Crippen LogP contribution in [0.2, 0.25) is 0 Å². The highest BCUT2D eigenvalue weighted by atomic mass is 32.1. The predicted octanol–water partition coefficient (Wildman–Crippen LogP) is 4.98. The summed E-state index contributed by atoms with van der Waals surface area (Å²) in [4.78, 5) is 12.5. The third-order valence-electron chi connectivity index (χ3n) is 4.08. The van der Waals surface area contributed by atoms with Crippen LogP contribution in [-0.4, -0.2) is 21.0 Å². The number of fused-ring (bicyclic) bond motifs is 2. The summed E-state index contributed by atoms with van der Waals surface area (Å²) in [7, 11) is 0. The molecular formula is C17H12F3N3O2S. The molecule has 0 fully saturated rings. The number of hydrogen-bond acceptors (Lipinski definition) is 6.